The number of nitrogens with one attached hydrogen (secondary N) is 1. The smallest absolute Gasteiger partial charge is 0.266 e. The summed E-state index contributed by atoms with van der Waals surface area (Å²) in [4.78, 5) is 42.8. The van der Waals surface area contributed by atoms with E-state index in [9.17, 15) is 14.4 Å². The fourth-order valence-corrected chi connectivity index (χ4v) is 4.90. The lowest BCUT2D eigenvalue weighted by molar-refractivity contribution is 0.0919. The van der Waals surface area contributed by atoms with E-state index >= 15 is 0 Å². The maximum absolute atomic E-state index is 13.2. The van der Waals surface area contributed by atoms with Crippen LogP contribution in [0.5, 0.6) is 5.75 Å². The van der Waals surface area contributed by atoms with Crippen LogP contribution in [0.3, 0.4) is 0 Å². The van der Waals surface area contributed by atoms with Gasteiger partial charge in [-0.25, -0.2) is 4.90 Å². The van der Waals surface area contributed by atoms with Crippen LogP contribution in [-0.2, 0) is 0 Å². The minimum absolute atomic E-state index is 0.0454. The lowest BCUT2D eigenvalue weighted by atomic mass is 10.0. The van der Waals surface area contributed by atoms with Crippen molar-refractivity contribution in [2.45, 2.75) is 32.7 Å². The third-order valence-corrected chi connectivity index (χ3v) is 7.02. The molecule has 1 fully saturated rings. The van der Waals surface area contributed by atoms with Crippen LogP contribution in [0.15, 0.2) is 60.7 Å². The number of ether oxygens (including phenoxy) is 1. The number of carbonyl (C=O) groups excluding carboxylic acids is 3. The molecule has 2 heterocycles. The van der Waals surface area contributed by atoms with Crippen molar-refractivity contribution < 1.29 is 19.1 Å². The lowest BCUT2D eigenvalue weighted by Crippen LogP contribution is -2.44. The molecule has 3 aromatic rings. The maximum atomic E-state index is 13.2. The second kappa shape index (κ2) is 9.49. The Morgan fingerprint density at radius 3 is 2.28 bits per heavy atom. The third-order valence-electron chi connectivity index (χ3n) is 7.02. The minimum Gasteiger partial charge on any atom is -0.497 e. The Kier molecular flexibility index (Phi) is 6.22. The molecule has 1 N–H and O–H groups in total. The predicted octanol–water partition coefficient (Wildman–Crippen LogP) is 4.51. The molecule has 0 unspecified atom stereocenters. The summed E-state index contributed by atoms with van der Waals surface area (Å²) in [6.07, 6.45) is 1.64. The number of nitrogens with zero attached hydrogens (tertiary/aromatic N) is 2. The Labute approximate surface area is 210 Å². The molecule has 5 rings (SSSR count). The van der Waals surface area contributed by atoms with Crippen molar-refractivity contribution in [3.8, 4) is 5.75 Å². The van der Waals surface area contributed by atoms with E-state index in [4.69, 9.17) is 4.74 Å². The standard InChI is InChI=1S/C29H29N3O4/c1-18-4-5-19(2)26(16-18)32-28(34)24-11-6-20(17-25(24)29(32)35)27(33)30-21-12-14-31(15-13-21)22-7-9-23(36-3)10-8-22/h4-11,16-17,21H,12-15H2,1-3H3,(H,30,33). The summed E-state index contributed by atoms with van der Waals surface area (Å²) in [5.41, 5.74) is 4.49. The monoisotopic (exact) mass is 483 g/mol. The number of amides is 3. The van der Waals surface area contributed by atoms with Gasteiger partial charge in [0.25, 0.3) is 17.7 Å². The summed E-state index contributed by atoms with van der Waals surface area (Å²) in [5.74, 6) is -0.161. The van der Waals surface area contributed by atoms with Crippen molar-refractivity contribution in [2.24, 2.45) is 0 Å². The fourth-order valence-electron chi connectivity index (χ4n) is 4.90. The van der Waals surface area contributed by atoms with Crippen LogP contribution >= 0.6 is 0 Å². The molecule has 0 atom stereocenters. The number of hydrogen-bond acceptors (Lipinski definition) is 5. The predicted molar refractivity (Wildman–Crippen MR) is 139 cm³/mol. The van der Waals surface area contributed by atoms with Gasteiger partial charge < -0.3 is 15.0 Å². The van der Waals surface area contributed by atoms with Crippen LogP contribution in [-0.4, -0.2) is 44.0 Å². The first-order chi connectivity index (χ1) is 17.4. The Hall–Kier alpha value is -4.13. The Balaban J connectivity index is 1.26. The highest BCUT2D eigenvalue weighted by Gasteiger charge is 2.38. The molecule has 7 heteroatoms. The molecule has 3 aromatic carbocycles. The van der Waals surface area contributed by atoms with E-state index in [1.165, 1.54) is 4.90 Å². The Bertz CT molecular complexity index is 1340. The van der Waals surface area contributed by atoms with Crippen molar-refractivity contribution in [1.29, 1.82) is 0 Å². The molecule has 2 aliphatic heterocycles. The van der Waals surface area contributed by atoms with Gasteiger partial charge in [-0.05, 0) is 86.3 Å². The molecule has 2 aliphatic rings. The van der Waals surface area contributed by atoms with Gasteiger partial charge >= 0.3 is 0 Å². The zero-order valence-corrected chi connectivity index (χ0v) is 20.7. The minimum atomic E-state index is -0.397. The quantitative estimate of drug-likeness (QED) is 0.540. The van der Waals surface area contributed by atoms with Gasteiger partial charge in [0.1, 0.15) is 5.75 Å². The third kappa shape index (κ3) is 4.33. The maximum Gasteiger partial charge on any atom is 0.266 e. The average molecular weight is 484 g/mol. The average Bonchev–Trinajstić information content (AvgIpc) is 3.15. The van der Waals surface area contributed by atoms with E-state index < -0.39 is 5.91 Å². The molecule has 36 heavy (non-hydrogen) atoms. The molecule has 0 bridgehead atoms. The molecule has 0 aliphatic carbocycles. The van der Waals surface area contributed by atoms with Crippen LogP contribution in [0.2, 0.25) is 0 Å². The summed E-state index contributed by atoms with van der Waals surface area (Å²) in [7, 11) is 1.65. The molecular weight excluding hydrogens is 454 g/mol. The van der Waals surface area contributed by atoms with Gasteiger partial charge in [0, 0.05) is 30.4 Å². The van der Waals surface area contributed by atoms with E-state index in [0.29, 0.717) is 16.8 Å². The first-order valence-corrected chi connectivity index (χ1v) is 12.2. The van der Waals surface area contributed by atoms with E-state index in [1.807, 2.05) is 56.3 Å². The highest BCUT2D eigenvalue weighted by molar-refractivity contribution is 6.35. The summed E-state index contributed by atoms with van der Waals surface area (Å²) in [5, 5.41) is 3.11. The molecule has 184 valence electrons. The van der Waals surface area contributed by atoms with Crippen molar-refractivity contribution in [3.05, 3.63) is 88.5 Å². The van der Waals surface area contributed by atoms with Crippen molar-refractivity contribution in [3.63, 3.8) is 0 Å². The van der Waals surface area contributed by atoms with Gasteiger partial charge in [0.05, 0.1) is 23.9 Å². The topological polar surface area (TPSA) is 79.0 Å². The Morgan fingerprint density at radius 2 is 1.58 bits per heavy atom. The Morgan fingerprint density at radius 1 is 0.889 bits per heavy atom. The van der Waals surface area contributed by atoms with Gasteiger partial charge in [-0.1, -0.05) is 12.1 Å². The molecule has 7 nitrogen and oxygen atoms in total. The van der Waals surface area contributed by atoms with Crippen molar-refractivity contribution in [1.82, 2.24) is 5.32 Å². The highest BCUT2D eigenvalue weighted by atomic mass is 16.5. The van der Waals surface area contributed by atoms with Gasteiger partial charge in [-0.2, -0.15) is 0 Å². The van der Waals surface area contributed by atoms with E-state index in [1.54, 1.807) is 25.3 Å². The number of imide groups is 1. The summed E-state index contributed by atoms with van der Waals surface area (Å²) < 4.78 is 5.23. The van der Waals surface area contributed by atoms with E-state index in [0.717, 1.165) is 48.5 Å². The largest absolute Gasteiger partial charge is 0.497 e. The lowest BCUT2D eigenvalue weighted by Gasteiger charge is -2.34. The molecule has 1 saturated heterocycles. The second-order valence-corrected chi connectivity index (χ2v) is 9.43. The normalized spacial score (nSPS) is 15.8. The van der Waals surface area contributed by atoms with Gasteiger partial charge in [0.15, 0.2) is 0 Å². The SMILES string of the molecule is COc1ccc(N2CCC(NC(=O)c3ccc4c(c3)C(=O)N(c3cc(C)ccc3C)C4=O)CC2)cc1. The van der Waals surface area contributed by atoms with Crippen LogP contribution in [0, 0.1) is 13.8 Å². The number of methoxy groups -OCH3 is 1. The number of hydrogen-bond donors (Lipinski definition) is 1. The zero-order valence-electron chi connectivity index (χ0n) is 20.7. The molecular formula is C29H29N3O4. The number of carbonyl (C=O) groups is 3. The van der Waals surface area contributed by atoms with Crippen LogP contribution < -0.4 is 19.9 Å². The first-order valence-electron chi connectivity index (χ1n) is 12.2. The van der Waals surface area contributed by atoms with Crippen LogP contribution in [0.4, 0.5) is 11.4 Å². The van der Waals surface area contributed by atoms with Crippen LogP contribution in [0.1, 0.15) is 55.0 Å². The summed E-state index contributed by atoms with van der Waals surface area (Å²) in [6, 6.07) is 18.5. The number of benzene rings is 3. The number of fused-ring (bicyclic) bond motifs is 1. The highest BCUT2D eigenvalue weighted by Crippen LogP contribution is 2.32. The first kappa shape index (κ1) is 23.6. The zero-order chi connectivity index (χ0) is 25.4. The molecule has 0 aromatic heterocycles. The van der Waals surface area contributed by atoms with Crippen molar-refractivity contribution >= 4 is 29.1 Å². The molecule has 0 radical (unpaired) electrons. The van der Waals surface area contributed by atoms with Gasteiger partial charge in [-0.15, -0.1) is 0 Å². The van der Waals surface area contributed by atoms with Gasteiger partial charge in [0.2, 0.25) is 0 Å². The summed E-state index contributed by atoms with van der Waals surface area (Å²) in [6.45, 7) is 5.46. The van der Waals surface area contributed by atoms with E-state index in [2.05, 4.69) is 10.2 Å². The fraction of sp³-hybridized carbons (Fsp3) is 0.276. The van der Waals surface area contributed by atoms with E-state index in [-0.39, 0.29) is 23.4 Å². The molecule has 0 saturated carbocycles. The van der Waals surface area contributed by atoms with Crippen LogP contribution in [0.25, 0.3) is 0 Å². The van der Waals surface area contributed by atoms with Gasteiger partial charge in [-0.3, -0.25) is 14.4 Å². The summed E-state index contributed by atoms with van der Waals surface area (Å²) >= 11 is 0. The number of rotatable bonds is 5. The molecule has 0 spiro atoms. The number of aryl methyl sites for hydroxylation is 2. The molecule has 3 amide bonds. The van der Waals surface area contributed by atoms with Crippen molar-refractivity contribution in [2.75, 3.05) is 30.0 Å². The number of anilines is 2. The number of piperidine rings is 1. The second-order valence-electron chi connectivity index (χ2n) is 9.43.